The van der Waals surface area contributed by atoms with Crippen molar-refractivity contribution in [3.63, 3.8) is 0 Å². The van der Waals surface area contributed by atoms with Crippen LogP contribution in [-0.2, 0) is 24.2 Å². The molecule has 0 aliphatic rings. The average molecular weight is 532 g/mol. The van der Waals surface area contributed by atoms with Crippen LogP contribution in [0.25, 0.3) is 0 Å². The molecule has 1 heterocycles. The summed E-state index contributed by atoms with van der Waals surface area (Å²) in [6.07, 6.45) is 0.0758. The molecule has 10 heteroatoms. The Kier molecular flexibility index (Phi) is 8.85. The fourth-order valence-corrected chi connectivity index (χ4v) is 3.81. The summed E-state index contributed by atoms with van der Waals surface area (Å²) in [5.41, 5.74) is 2.96. The molecule has 2 aromatic carbocycles. The van der Waals surface area contributed by atoms with E-state index in [-0.39, 0.29) is 12.3 Å². The van der Waals surface area contributed by atoms with Crippen LogP contribution >= 0.6 is 0 Å². The van der Waals surface area contributed by atoms with E-state index in [2.05, 4.69) is 14.7 Å². The smallest absolute Gasteiger partial charge is 0.478 e. The van der Waals surface area contributed by atoms with Crippen molar-refractivity contribution < 1.29 is 32.5 Å². The van der Waals surface area contributed by atoms with Gasteiger partial charge >= 0.3 is 12.3 Å². The molecule has 0 atom stereocenters. The van der Waals surface area contributed by atoms with Crippen molar-refractivity contribution in [3.8, 4) is 11.5 Å². The normalized spacial score (nSPS) is 11.8. The number of carboxylic acid groups (broad SMARTS) is 1. The van der Waals surface area contributed by atoms with E-state index in [0.717, 1.165) is 28.7 Å². The van der Waals surface area contributed by atoms with Gasteiger partial charge in [-0.25, -0.2) is 14.8 Å². The second kappa shape index (κ2) is 11.7. The van der Waals surface area contributed by atoms with Crippen molar-refractivity contribution in [3.05, 3.63) is 76.6 Å². The van der Waals surface area contributed by atoms with Crippen molar-refractivity contribution in [2.45, 2.75) is 66.0 Å². The van der Waals surface area contributed by atoms with Crippen LogP contribution in [0.5, 0.6) is 11.5 Å². The number of halogens is 3. The first kappa shape index (κ1) is 28.7. The highest BCUT2D eigenvalue weighted by Gasteiger charge is 2.31. The topological polar surface area (TPSA) is 84.8 Å². The Labute approximate surface area is 220 Å². The molecule has 0 aliphatic heterocycles. The summed E-state index contributed by atoms with van der Waals surface area (Å²) >= 11 is 0. The molecule has 0 unspecified atom stereocenters. The van der Waals surface area contributed by atoms with Gasteiger partial charge in [-0.3, -0.25) is 0 Å². The quantitative estimate of drug-likeness (QED) is 0.323. The van der Waals surface area contributed by atoms with Gasteiger partial charge in [0.15, 0.2) is 5.60 Å². The van der Waals surface area contributed by atoms with Crippen LogP contribution in [0, 0.1) is 13.8 Å². The minimum atomic E-state index is -4.78. The summed E-state index contributed by atoms with van der Waals surface area (Å²) < 4.78 is 48.0. The van der Waals surface area contributed by atoms with E-state index in [9.17, 15) is 23.1 Å². The predicted octanol–water partition coefficient (Wildman–Crippen LogP) is 6.05. The lowest BCUT2D eigenvalue weighted by Crippen LogP contribution is -2.38. The number of hydrogen-bond acceptors (Lipinski definition) is 6. The van der Waals surface area contributed by atoms with Gasteiger partial charge in [-0.2, -0.15) is 0 Å². The first-order valence-corrected chi connectivity index (χ1v) is 12.2. The highest BCUT2D eigenvalue weighted by molar-refractivity contribution is 5.76. The summed E-state index contributed by atoms with van der Waals surface area (Å²) in [4.78, 5) is 22.3. The molecule has 3 aromatic rings. The van der Waals surface area contributed by atoms with Gasteiger partial charge in [-0.05, 0) is 86.6 Å². The Morgan fingerprint density at radius 1 is 1.00 bits per heavy atom. The van der Waals surface area contributed by atoms with E-state index in [0.29, 0.717) is 30.2 Å². The van der Waals surface area contributed by atoms with Crippen LogP contribution in [0.1, 0.15) is 48.6 Å². The highest BCUT2D eigenvalue weighted by atomic mass is 19.4. The largest absolute Gasteiger partial charge is 0.573 e. The summed E-state index contributed by atoms with van der Waals surface area (Å²) in [6, 6.07) is 9.63. The zero-order chi connectivity index (χ0) is 28.1. The minimum absolute atomic E-state index is 0.270. The van der Waals surface area contributed by atoms with Gasteiger partial charge in [-0.15, -0.1) is 13.2 Å². The molecular weight excluding hydrogens is 499 g/mol. The lowest BCUT2D eigenvalue weighted by atomic mass is 10.0. The fraction of sp³-hybridized carbons (Fsp3) is 0.393. The SMILES string of the molecule is CCc1cnc(N(CCc2cc(C)c(OC(C)(C)C(=O)O)cc2C)Cc2cccc(OC(F)(F)F)c2)nc1. The molecule has 0 saturated heterocycles. The summed E-state index contributed by atoms with van der Waals surface area (Å²) in [6.45, 7) is 9.52. The fourth-order valence-electron chi connectivity index (χ4n) is 3.81. The Balaban J connectivity index is 1.84. The molecule has 0 saturated carbocycles. The van der Waals surface area contributed by atoms with Crippen LogP contribution in [0.4, 0.5) is 19.1 Å². The number of nitrogens with zero attached hydrogens (tertiary/aromatic N) is 3. The average Bonchev–Trinajstić information content (AvgIpc) is 2.83. The number of hydrogen-bond donors (Lipinski definition) is 1. The number of ether oxygens (including phenoxy) is 2. The van der Waals surface area contributed by atoms with Crippen molar-refractivity contribution in [1.82, 2.24) is 9.97 Å². The summed E-state index contributed by atoms with van der Waals surface area (Å²) in [5.74, 6) is -0.394. The number of carbonyl (C=O) groups is 1. The number of aryl methyl sites for hydroxylation is 3. The maximum absolute atomic E-state index is 12.7. The van der Waals surface area contributed by atoms with Gasteiger partial charge in [0.1, 0.15) is 11.5 Å². The maximum atomic E-state index is 12.7. The first-order chi connectivity index (χ1) is 17.8. The molecule has 7 nitrogen and oxygen atoms in total. The van der Waals surface area contributed by atoms with E-state index in [1.807, 2.05) is 37.8 Å². The molecule has 0 fully saturated rings. The second-order valence-corrected chi connectivity index (χ2v) is 9.57. The second-order valence-electron chi connectivity index (χ2n) is 9.57. The molecule has 0 aliphatic carbocycles. The molecule has 1 aromatic heterocycles. The van der Waals surface area contributed by atoms with Crippen molar-refractivity contribution in [2.24, 2.45) is 0 Å². The van der Waals surface area contributed by atoms with Crippen molar-refractivity contribution in [2.75, 3.05) is 11.4 Å². The molecule has 3 rings (SSSR count). The van der Waals surface area contributed by atoms with Gasteiger partial charge in [0, 0.05) is 25.5 Å². The third-order valence-electron chi connectivity index (χ3n) is 6.05. The van der Waals surface area contributed by atoms with Crippen LogP contribution in [-0.4, -0.2) is 39.6 Å². The third kappa shape index (κ3) is 7.84. The molecule has 38 heavy (non-hydrogen) atoms. The number of aromatic nitrogens is 2. The highest BCUT2D eigenvalue weighted by Crippen LogP contribution is 2.28. The lowest BCUT2D eigenvalue weighted by molar-refractivity contribution is -0.274. The van der Waals surface area contributed by atoms with Gasteiger partial charge < -0.3 is 19.5 Å². The standard InChI is InChI=1S/C28H32F3N3O4/c1-6-20-15-32-26(33-16-20)34(17-21-8-7-9-23(14-21)37-28(29,30)31)11-10-22-12-19(3)24(13-18(22)2)38-27(4,5)25(35)36/h7-9,12-16H,6,10-11,17H2,1-5H3,(H,35,36). The number of aliphatic carboxylic acids is 1. The van der Waals surface area contributed by atoms with Crippen LogP contribution in [0.3, 0.4) is 0 Å². The van der Waals surface area contributed by atoms with Gasteiger partial charge in [-0.1, -0.05) is 25.1 Å². The zero-order valence-electron chi connectivity index (χ0n) is 22.1. The molecule has 204 valence electrons. The number of alkyl halides is 3. The number of benzene rings is 2. The molecule has 0 bridgehead atoms. The Bertz CT molecular complexity index is 1260. The van der Waals surface area contributed by atoms with Crippen LogP contribution < -0.4 is 14.4 Å². The molecule has 1 N–H and O–H groups in total. The molecule has 0 amide bonds. The van der Waals surface area contributed by atoms with Gasteiger partial charge in [0.2, 0.25) is 5.95 Å². The van der Waals surface area contributed by atoms with Gasteiger partial charge in [0.25, 0.3) is 0 Å². The summed E-state index contributed by atoms with van der Waals surface area (Å²) in [5, 5.41) is 9.39. The lowest BCUT2D eigenvalue weighted by Gasteiger charge is -2.25. The Hall–Kier alpha value is -3.82. The van der Waals surface area contributed by atoms with Crippen LogP contribution in [0.15, 0.2) is 48.8 Å². The minimum Gasteiger partial charge on any atom is -0.478 e. The summed E-state index contributed by atoms with van der Waals surface area (Å²) in [7, 11) is 0. The Morgan fingerprint density at radius 2 is 1.68 bits per heavy atom. The first-order valence-electron chi connectivity index (χ1n) is 12.2. The number of rotatable bonds is 11. The van der Waals surface area contributed by atoms with E-state index < -0.39 is 17.9 Å². The Morgan fingerprint density at radius 3 is 2.29 bits per heavy atom. The number of carboxylic acids is 1. The molecule has 0 radical (unpaired) electrons. The molecule has 0 spiro atoms. The monoisotopic (exact) mass is 531 g/mol. The maximum Gasteiger partial charge on any atom is 0.573 e. The van der Waals surface area contributed by atoms with E-state index in [1.165, 1.54) is 32.0 Å². The van der Waals surface area contributed by atoms with Crippen LogP contribution in [0.2, 0.25) is 0 Å². The third-order valence-corrected chi connectivity index (χ3v) is 6.05. The van der Waals surface area contributed by atoms with Crippen molar-refractivity contribution >= 4 is 11.9 Å². The van der Waals surface area contributed by atoms with E-state index >= 15 is 0 Å². The van der Waals surface area contributed by atoms with E-state index in [1.54, 1.807) is 18.5 Å². The molecular formula is C28H32F3N3O4. The van der Waals surface area contributed by atoms with E-state index in [4.69, 9.17) is 4.74 Å². The van der Waals surface area contributed by atoms with Crippen molar-refractivity contribution in [1.29, 1.82) is 0 Å². The van der Waals surface area contributed by atoms with Gasteiger partial charge in [0.05, 0.1) is 0 Å². The number of anilines is 1. The zero-order valence-corrected chi connectivity index (χ0v) is 22.1. The predicted molar refractivity (Wildman–Crippen MR) is 138 cm³/mol.